The highest BCUT2D eigenvalue weighted by atomic mass is 19.1. The number of ether oxygens (including phenoxy) is 2. The molecule has 1 atom stereocenters. The normalized spacial score (nSPS) is 18.4. The van der Waals surface area contributed by atoms with Gasteiger partial charge in [0.25, 0.3) is 5.56 Å². The molecule has 1 aromatic carbocycles. The molecular weight excluding hydrogens is 491 g/mol. The number of aromatic nitrogens is 3. The molecule has 1 fully saturated rings. The van der Waals surface area contributed by atoms with E-state index in [0.717, 1.165) is 62.8 Å². The summed E-state index contributed by atoms with van der Waals surface area (Å²) in [6, 6.07) is 4.56. The number of aryl methyl sites for hydroxylation is 1. The number of benzene rings is 1. The number of fused-ring (bicyclic) bond motifs is 2. The number of hydrogen-bond acceptors (Lipinski definition) is 8. The van der Waals surface area contributed by atoms with Gasteiger partial charge in [-0.05, 0) is 70.7 Å². The Bertz CT molecular complexity index is 1340. The van der Waals surface area contributed by atoms with Gasteiger partial charge in [0.05, 0.1) is 12.3 Å². The summed E-state index contributed by atoms with van der Waals surface area (Å²) in [5, 5.41) is 5.11. The highest BCUT2D eigenvalue weighted by Gasteiger charge is 2.29. The summed E-state index contributed by atoms with van der Waals surface area (Å²) < 4.78 is 31.2. The molecule has 3 aromatic rings. The van der Waals surface area contributed by atoms with E-state index >= 15 is 0 Å². The standard InChI is InChI=1S/C28H35FN4O5/c1-3-4-16-36-28(35)37-23-6-5-12-33-26(23)30-18(2)21(27(33)34)11-15-32-13-9-19(10-14-32)25-22-8-7-20(29)17-24(22)38-31-25/h7-8,17,19,23H,3-6,9-16H2,1-2H3. The first-order valence-electron chi connectivity index (χ1n) is 13.7. The Labute approximate surface area is 220 Å². The van der Waals surface area contributed by atoms with E-state index in [0.29, 0.717) is 48.7 Å². The summed E-state index contributed by atoms with van der Waals surface area (Å²) in [5.74, 6) is 0.447. The molecular formula is C28H35FN4O5. The molecule has 10 heteroatoms. The molecule has 1 unspecified atom stereocenters. The van der Waals surface area contributed by atoms with Crippen LogP contribution in [0.3, 0.4) is 0 Å². The van der Waals surface area contributed by atoms with Crippen LogP contribution in [0.15, 0.2) is 27.5 Å². The number of carbonyl (C=O) groups is 1. The maximum atomic E-state index is 13.5. The van der Waals surface area contributed by atoms with Gasteiger partial charge in [-0.15, -0.1) is 0 Å². The Morgan fingerprint density at radius 3 is 2.82 bits per heavy atom. The summed E-state index contributed by atoms with van der Waals surface area (Å²) in [5.41, 5.74) is 2.74. The molecule has 0 bridgehead atoms. The lowest BCUT2D eigenvalue weighted by atomic mass is 9.91. The van der Waals surface area contributed by atoms with Crippen molar-refractivity contribution in [2.75, 3.05) is 26.2 Å². The van der Waals surface area contributed by atoms with E-state index < -0.39 is 12.3 Å². The maximum Gasteiger partial charge on any atom is 0.508 e. The van der Waals surface area contributed by atoms with E-state index in [1.807, 2.05) is 13.8 Å². The SMILES string of the molecule is CCCCOC(=O)OC1CCCn2c1nc(C)c(CCN1CCC(c3noc4cc(F)ccc34)CC1)c2=O. The third kappa shape index (κ3) is 5.60. The average molecular weight is 527 g/mol. The van der Waals surface area contributed by atoms with Gasteiger partial charge in [-0.1, -0.05) is 18.5 Å². The molecule has 0 saturated carbocycles. The topological polar surface area (TPSA) is 99.7 Å². The van der Waals surface area contributed by atoms with Crippen molar-refractivity contribution < 1.29 is 23.2 Å². The van der Waals surface area contributed by atoms with Gasteiger partial charge in [0.2, 0.25) is 0 Å². The molecule has 4 heterocycles. The van der Waals surface area contributed by atoms with Crippen LogP contribution in [0.5, 0.6) is 0 Å². The molecule has 0 amide bonds. The highest BCUT2D eigenvalue weighted by Crippen LogP contribution is 2.33. The van der Waals surface area contributed by atoms with E-state index in [9.17, 15) is 14.0 Å². The number of hydrogen-bond donors (Lipinski definition) is 0. The van der Waals surface area contributed by atoms with Crippen molar-refractivity contribution in [2.24, 2.45) is 0 Å². The zero-order valence-electron chi connectivity index (χ0n) is 22.1. The number of halogens is 1. The smallest absolute Gasteiger partial charge is 0.434 e. The molecule has 9 nitrogen and oxygen atoms in total. The fraction of sp³-hybridized carbons (Fsp3) is 0.571. The summed E-state index contributed by atoms with van der Waals surface area (Å²) in [6.07, 6.45) is 4.26. The van der Waals surface area contributed by atoms with Gasteiger partial charge < -0.3 is 18.9 Å². The predicted molar refractivity (Wildman–Crippen MR) is 139 cm³/mol. The fourth-order valence-electron chi connectivity index (χ4n) is 5.52. The molecule has 0 N–H and O–H groups in total. The van der Waals surface area contributed by atoms with Crippen LogP contribution in [-0.4, -0.2) is 52.0 Å². The maximum absolute atomic E-state index is 13.5. The molecule has 2 aliphatic heterocycles. The van der Waals surface area contributed by atoms with E-state index in [4.69, 9.17) is 19.0 Å². The first-order valence-corrected chi connectivity index (χ1v) is 13.7. The van der Waals surface area contributed by atoms with Crippen molar-refractivity contribution in [1.82, 2.24) is 19.6 Å². The summed E-state index contributed by atoms with van der Waals surface area (Å²) in [6.45, 7) is 7.30. The van der Waals surface area contributed by atoms with E-state index in [-0.39, 0.29) is 17.3 Å². The lowest BCUT2D eigenvalue weighted by molar-refractivity contribution is 0.00918. The van der Waals surface area contributed by atoms with Crippen LogP contribution in [0, 0.1) is 12.7 Å². The minimum atomic E-state index is -0.706. The van der Waals surface area contributed by atoms with Gasteiger partial charge >= 0.3 is 6.16 Å². The van der Waals surface area contributed by atoms with Crippen LogP contribution in [-0.2, 0) is 22.4 Å². The molecule has 5 rings (SSSR count). The van der Waals surface area contributed by atoms with Crippen molar-refractivity contribution in [3.05, 3.63) is 57.1 Å². The number of piperidine rings is 1. The Kier molecular flexibility index (Phi) is 8.06. The number of nitrogens with zero attached hydrogens (tertiary/aromatic N) is 4. The van der Waals surface area contributed by atoms with Gasteiger partial charge in [0.15, 0.2) is 17.5 Å². The number of unbranched alkanes of at least 4 members (excludes halogenated alkanes) is 1. The number of carbonyl (C=O) groups excluding carboxylic acids is 1. The van der Waals surface area contributed by atoms with Gasteiger partial charge in [-0.25, -0.2) is 14.2 Å². The van der Waals surface area contributed by atoms with Crippen molar-refractivity contribution in [3.63, 3.8) is 0 Å². The Hall–Kier alpha value is -3.27. The van der Waals surface area contributed by atoms with E-state index in [2.05, 4.69) is 10.1 Å². The number of likely N-dealkylation sites (tertiary alicyclic amines) is 1. The van der Waals surface area contributed by atoms with E-state index in [1.54, 1.807) is 10.6 Å². The van der Waals surface area contributed by atoms with Crippen molar-refractivity contribution in [1.29, 1.82) is 0 Å². The van der Waals surface area contributed by atoms with Gasteiger partial charge in [-0.2, -0.15) is 0 Å². The highest BCUT2D eigenvalue weighted by molar-refractivity contribution is 5.79. The van der Waals surface area contributed by atoms with Crippen LogP contribution >= 0.6 is 0 Å². The fourth-order valence-corrected chi connectivity index (χ4v) is 5.52. The van der Waals surface area contributed by atoms with Crippen molar-refractivity contribution in [3.8, 4) is 0 Å². The molecule has 0 spiro atoms. The first kappa shape index (κ1) is 26.3. The minimum absolute atomic E-state index is 0.0451. The van der Waals surface area contributed by atoms with Crippen molar-refractivity contribution in [2.45, 2.75) is 77.4 Å². The van der Waals surface area contributed by atoms with Crippen LogP contribution in [0.2, 0.25) is 0 Å². The van der Waals surface area contributed by atoms with Crippen LogP contribution in [0.25, 0.3) is 11.0 Å². The largest absolute Gasteiger partial charge is 0.508 e. The lowest BCUT2D eigenvalue weighted by Gasteiger charge is -2.31. The second kappa shape index (κ2) is 11.6. The molecule has 1 saturated heterocycles. The average Bonchev–Trinajstić information content (AvgIpc) is 3.32. The molecule has 2 aliphatic rings. The monoisotopic (exact) mass is 526 g/mol. The minimum Gasteiger partial charge on any atom is -0.434 e. The van der Waals surface area contributed by atoms with Gasteiger partial charge in [-0.3, -0.25) is 9.36 Å². The first-order chi connectivity index (χ1) is 18.4. The summed E-state index contributed by atoms with van der Waals surface area (Å²) in [7, 11) is 0. The van der Waals surface area contributed by atoms with Gasteiger partial charge in [0.1, 0.15) is 5.82 Å². The molecule has 2 aromatic heterocycles. The Morgan fingerprint density at radius 2 is 2.03 bits per heavy atom. The van der Waals surface area contributed by atoms with Crippen LogP contribution < -0.4 is 5.56 Å². The van der Waals surface area contributed by atoms with Gasteiger partial charge in [0, 0.05) is 41.7 Å². The van der Waals surface area contributed by atoms with Crippen molar-refractivity contribution >= 4 is 17.1 Å². The zero-order chi connectivity index (χ0) is 26.6. The quantitative estimate of drug-likeness (QED) is 0.297. The Balaban J connectivity index is 1.20. The summed E-state index contributed by atoms with van der Waals surface area (Å²) in [4.78, 5) is 32.6. The Morgan fingerprint density at radius 1 is 1.21 bits per heavy atom. The molecule has 0 aliphatic carbocycles. The molecule has 0 radical (unpaired) electrons. The third-order valence-corrected chi connectivity index (χ3v) is 7.71. The second-order valence-corrected chi connectivity index (χ2v) is 10.3. The lowest BCUT2D eigenvalue weighted by Crippen LogP contribution is -2.38. The zero-order valence-corrected chi connectivity index (χ0v) is 22.1. The summed E-state index contributed by atoms with van der Waals surface area (Å²) >= 11 is 0. The molecule has 204 valence electrons. The predicted octanol–water partition coefficient (Wildman–Crippen LogP) is 5.04. The van der Waals surface area contributed by atoms with E-state index in [1.165, 1.54) is 12.1 Å². The molecule has 38 heavy (non-hydrogen) atoms. The second-order valence-electron chi connectivity index (χ2n) is 10.3. The third-order valence-electron chi connectivity index (χ3n) is 7.71. The van der Waals surface area contributed by atoms with Crippen LogP contribution in [0.1, 0.15) is 80.2 Å². The number of rotatable bonds is 8. The van der Waals surface area contributed by atoms with Crippen LogP contribution in [0.4, 0.5) is 9.18 Å².